The molecule has 2 rings (SSSR count). The van der Waals surface area contributed by atoms with Gasteiger partial charge in [0, 0.05) is 32.3 Å². The number of aromatic nitrogens is 2. The summed E-state index contributed by atoms with van der Waals surface area (Å²) in [5.74, 6) is -0.495. The summed E-state index contributed by atoms with van der Waals surface area (Å²) in [5.41, 5.74) is 0. The van der Waals surface area contributed by atoms with Crippen LogP contribution in [-0.2, 0) is 21.5 Å². The van der Waals surface area contributed by atoms with Crippen LogP contribution in [0.15, 0.2) is 18.7 Å². The van der Waals surface area contributed by atoms with Crippen LogP contribution in [0.5, 0.6) is 0 Å². The fraction of sp³-hybridized carbons (Fsp3) is 0.444. The van der Waals surface area contributed by atoms with E-state index in [1.54, 1.807) is 12.5 Å². The van der Waals surface area contributed by atoms with Crippen molar-refractivity contribution in [3.8, 4) is 0 Å². The molecule has 1 fully saturated rings. The van der Waals surface area contributed by atoms with E-state index in [-0.39, 0.29) is 24.7 Å². The Morgan fingerprint density at radius 1 is 1.33 bits per heavy atom. The zero-order valence-electron chi connectivity index (χ0n) is 8.71. The predicted octanol–water partition coefficient (Wildman–Crippen LogP) is 0.117. The Morgan fingerprint density at radius 3 is 2.13 bits per heavy atom. The summed E-state index contributed by atoms with van der Waals surface area (Å²) in [5, 5.41) is 0.792. The molecule has 0 atom stereocenters. The number of nitrogens with zero attached hydrogens (tertiary/aromatic N) is 3. The van der Waals surface area contributed by atoms with Gasteiger partial charge in [-0.1, -0.05) is 0 Å². The van der Waals surface area contributed by atoms with Crippen LogP contribution < -0.4 is 0 Å². The Kier molecular flexibility index (Phi) is 3.99. The SMILES string of the molecule is CON1C(=O)CCC1=O.Cn1ccnc1. The van der Waals surface area contributed by atoms with E-state index >= 15 is 0 Å². The van der Waals surface area contributed by atoms with E-state index in [9.17, 15) is 9.59 Å². The van der Waals surface area contributed by atoms with Gasteiger partial charge in [0.1, 0.15) is 0 Å². The summed E-state index contributed by atoms with van der Waals surface area (Å²) in [6, 6.07) is 0. The molecule has 6 nitrogen and oxygen atoms in total. The summed E-state index contributed by atoms with van der Waals surface area (Å²) in [6.45, 7) is 0. The maximum absolute atomic E-state index is 10.6. The van der Waals surface area contributed by atoms with E-state index in [4.69, 9.17) is 0 Å². The molecule has 0 spiro atoms. The molecule has 0 bridgehead atoms. The van der Waals surface area contributed by atoms with Crippen LogP contribution in [0.1, 0.15) is 12.8 Å². The van der Waals surface area contributed by atoms with Crippen LogP contribution in [0.3, 0.4) is 0 Å². The molecule has 15 heavy (non-hydrogen) atoms. The standard InChI is InChI=1S/C5H7NO3.C4H6N2/c1-9-6-4(7)2-3-5(6)8;1-6-3-2-5-4-6/h2-3H2,1H3;2-4H,1H3. The third-order valence-electron chi connectivity index (χ3n) is 1.83. The molecule has 2 heterocycles. The van der Waals surface area contributed by atoms with Gasteiger partial charge in [0.25, 0.3) is 11.8 Å². The highest BCUT2D eigenvalue weighted by atomic mass is 16.7. The average Bonchev–Trinajstić information content (AvgIpc) is 2.78. The van der Waals surface area contributed by atoms with Crippen molar-refractivity contribution >= 4 is 11.8 Å². The summed E-state index contributed by atoms with van der Waals surface area (Å²) >= 11 is 0. The lowest BCUT2D eigenvalue weighted by atomic mass is 10.4. The molecule has 2 amide bonds. The zero-order chi connectivity index (χ0) is 11.3. The highest BCUT2D eigenvalue weighted by molar-refractivity contribution is 6.00. The highest BCUT2D eigenvalue weighted by Crippen LogP contribution is 2.10. The Labute approximate surface area is 87.4 Å². The van der Waals surface area contributed by atoms with E-state index in [0.29, 0.717) is 0 Å². The van der Waals surface area contributed by atoms with Gasteiger partial charge in [-0.3, -0.25) is 14.4 Å². The van der Waals surface area contributed by atoms with Gasteiger partial charge < -0.3 is 4.57 Å². The lowest BCUT2D eigenvalue weighted by Gasteiger charge is -2.07. The summed E-state index contributed by atoms with van der Waals surface area (Å²) in [4.78, 5) is 29.4. The van der Waals surface area contributed by atoms with E-state index < -0.39 is 0 Å². The van der Waals surface area contributed by atoms with Gasteiger partial charge in [-0.15, -0.1) is 0 Å². The average molecular weight is 211 g/mol. The minimum atomic E-state index is -0.248. The van der Waals surface area contributed by atoms with Crippen molar-refractivity contribution in [2.75, 3.05) is 7.11 Å². The number of aryl methyl sites for hydroxylation is 1. The molecule has 0 radical (unpaired) electrons. The van der Waals surface area contributed by atoms with Crippen LogP contribution in [0.4, 0.5) is 0 Å². The molecule has 0 saturated carbocycles. The van der Waals surface area contributed by atoms with Gasteiger partial charge >= 0.3 is 0 Å². The first-order valence-corrected chi connectivity index (χ1v) is 4.47. The smallest absolute Gasteiger partial charge is 0.253 e. The van der Waals surface area contributed by atoms with Crippen LogP contribution in [-0.4, -0.2) is 33.5 Å². The molecule has 1 aliphatic rings. The zero-order valence-corrected chi connectivity index (χ0v) is 8.71. The first kappa shape index (κ1) is 11.4. The number of hydrogen-bond donors (Lipinski definition) is 0. The van der Waals surface area contributed by atoms with E-state index in [2.05, 4.69) is 9.82 Å². The summed E-state index contributed by atoms with van der Waals surface area (Å²) in [7, 11) is 3.24. The third kappa shape index (κ3) is 3.17. The third-order valence-corrected chi connectivity index (χ3v) is 1.83. The largest absolute Gasteiger partial charge is 0.341 e. The summed E-state index contributed by atoms with van der Waals surface area (Å²) in [6.07, 6.45) is 5.96. The van der Waals surface area contributed by atoms with Crippen molar-refractivity contribution < 1.29 is 14.4 Å². The molecule has 0 aliphatic carbocycles. The van der Waals surface area contributed by atoms with Gasteiger partial charge in [-0.25, -0.2) is 4.98 Å². The van der Waals surface area contributed by atoms with Crippen LogP contribution in [0.2, 0.25) is 0 Å². The fourth-order valence-electron chi connectivity index (χ4n) is 1.09. The normalized spacial score (nSPS) is 15.2. The first-order valence-electron chi connectivity index (χ1n) is 4.47. The lowest BCUT2D eigenvalue weighted by Crippen LogP contribution is -2.27. The van der Waals surface area contributed by atoms with Gasteiger partial charge in [-0.2, -0.15) is 5.06 Å². The molecule has 1 saturated heterocycles. The Balaban J connectivity index is 0.000000162. The first-order chi connectivity index (χ1) is 7.15. The predicted molar refractivity (Wildman–Crippen MR) is 51.3 cm³/mol. The molecule has 0 unspecified atom stereocenters. The number of rotatable bonds is 1. The topological polar surface area (TPSA) is 64.4 Å². The van der Waals surface area contributed by atoms with Crippen molar-refractivity contribution in [2.45, 2.75) is 12.8 Å². The molecule has 1 aliphatic heterocycles. The number of carbonyl (C=O) groups is 2. The Morgan fingerprint density at radius 2 is 1.93 bits per heavy atom. The molecule has 0 N–H and O–H groups in total. The van der Waals surface area contributed by atoms with Gasteiger partial charge in [0.05, 0.1) is 13.4 Å². The second-order valence-electron chi connectivity index (χ2n) is 2.99. The number of carbonyl (C=O) groups excluding carboxylic acids is 2. The van der Waals surface area contributed by atoms with Crippen LogP contribution in [0.25, 0.3) is 0 Å². The van der Waals surface area contributed by atoms with Crippen molar-refractivity contribution in [2.24, 2.45) is 7.05 Å². The van der Waals surface area contributed by atoms with E-state index in [1.165, 1.54) is 7.11 Å². The summed E-state index contributed by atoms with van der Waals surface area (Å²) < 4.78 is 1.89. The van der Waals surface area contributed by atoms with Crippen molar-refractivity contribution in [1.82, 2.24) is 14.6 Å². The van der Waals surface area contributed by atoms with Gasteiger partial charge in [0.15, 0.2) is 0 Å². The molecule has 1 aromatic rings. The minimum Gasteiger partial charge on any atom is -0.341 e. The number of imide groups is 1. The highest BCUT2D eigenvalue weighted by Gasteiger charge is 2.28. The number of hydroxylamine groups is 2. The van der Waals surface area contributed by atoms with Gasteiger partial charge in [0.2, 0.25) is 0 Å². The maximum atomic E-state index is 10.6. The second kappa shape index (κ2) is 5.26. The molecule has 6 heteroatoms. The fourth-order valence-corrected chi connectivity index (χ4v) is 1.09. The maximum Gasteiger partial charge on any atom is 0.253 e. The van der Waals surface area contributed by atoms with Crippen molar-refractivity contribution in [3.05, 3.63) is 18.7 Å². The number of imidazole rings is 1. The Hall–Kier alpha value is -1.69. The Bertz CT molecular complexity index is 318. The second-order valence-corrected chi connectivity index (χ2v) is 2.99. The van der Waals surface area contributed by atoms with Crippen molar-refractivity contribution in [3.63, 3.8) is 0 Å². The molecular formula is C9H13N3O3. The lowest BCUT2D eigenvalue weighted by molar-refractivity contribution is -0.179. The number of hydrogen-bond acceptors (Lipinski definition) is 4. The van der Waals surface area contributed by atoms with E-state index in [0.717, 1.165) is 5.06 Å². The van der Waals surface area contributed by atoms with Crippen LogP contribution >= 0.6 is 0 Å². The molecule has 0 aromatic carbocycles. The van der Waals surface area contributed by atoms with Crippen LogP contribution in [0, 0.1) is 0 Å². The van der Waals surface area contributed by atoms with E-state index in [1.807, 2.05) is 17.8 Å². The van der Waals surface area contributed by atoms with Gasteiger partial charge in [-0.05, 0) is 0 Å². The molecule has 82 valence electrons. The van der Waals surface area contributed by atoms with Crippen molar-refractivity contribution in [1.29, 1.82) is 0 Å². The molecular weight excluding hydrogens is 198 g/mol. The quantitative estimate of drug-likeness (QED) is 0.619. The minimum absolute atomic E-state index is 0.248. The number of amides is 2. The molecule has 1 aromatic heterocycles. The monoisotopic (exact) mass is 211 g/mol.